The second-order valence-corrected chi connectivity index (χ2v) is 2.77. The average Bonchev–Trinajstić information content (AvgIpc) is 2.07. The molecular weight excluding hydrogens is 148 g/mol. The van der Waals surface area contributed by atoms with Crippen LogP contribution >= 0.6 is 0 Å². The minimum Gasteiger partial charge on any atom is -0.301 e. The van der Waals surface area contributed by atoms with Crippen LogP contribution in [-0.4, -0.2) is 18.5 Å². The van der Waals surface area contributed by atoms with Crippen LogP contribution in [0.3, 0.4) is 0 Å². The summed E-state index contributed by atoms with van der Waals surface area (Å²) in [6.45, 7) is 7.30. The molecule has 0 heterocycles. The molecule has 1 aliphatic carbocycles. The van der Waals surface area contributed by atoms with Crippen molar-refractivity contribution in [3.8, 4) is 0 Å². The van der Waals surface area contributed by atoms with Gasteiger partial charge in [-0.3, -0.25) is 4.99 Å². The molecule has 1 rings (SSSR count). The summed E-state index contributed by atoms with van der Waals surface area (Å²) in [5.74, 6) is 0. The number of rotatable bonds is 1. The van der Waals surface area contributed by atoms with Crippen LogP contribution in [0.1, 0.15) is 20.3 Å². The van der Waals surface area contributed by atoms with E-state index in [9.17, 15) is 0 Å². The number of allylic oxidation sites excluding steroid dienone is 4. The van der Waals surface area contributed by atoms with E-state index in [-0.39, 0.29) is 0 Å². The van der Waals surface area contributed by atoms with E-state index in [1.807, 2.05) is 26.0 Å². The maximum absolute atomic E-state index is 7.02. The first-order valence-electron chi connectivity index (χ1n) is 4.04. The minimum absolute atomic E-state index is 0.398. The zero-order chi connectivity index (χ0) is 9.40. The van der Waals surface area contributed by atoms with Crippen molar-refractivity contribution in [3.05, 3.63) is 24.3 Å². The van der Waals surface area contributed by atoms with Crippen molar-refractivity contribution in [1.29, 1.82) is 5.41 Å². The summed E-state index contributed by atoms with van der Waals surface area (Å²) in [5, 5.41) is 7.02. The molecule has 0 saturated carbocycles. The van der Waals surface area contributed by atoms with Crippen LogP contribution in [0.15, 0.2) is 29.3 Å². The summed E-state index contributed by atoms with van der Waals surface area (Å²) in [6.07, 6.45) is 8.55. The molecule has 66 valence electrons. The van der Waals surface area contributed by atoms with Crippen molar-refractivity contribution in [2.24, 2.45) is 4.99 Å². The van der Waals surface area contributed by atoms with Gasteiger partial charge in [-0.1, -0.05) is 12.2 Å². The predicted octanol–water partition coefficient (Wildman–Crippen LogP) is 2.62. The van der Waals surface area contributed by atoms with Crippen LogP contribution < -0.4 is 0 Å². The first-order valence-corrected chi connectivity index (χ1v) is 4.04. The van der Waals surface area contributed by atoms with Gasteiger partial charge in [0.25, 0.3) is 0 Å². The van der Waals surface area contributed by atoms with E-state index in [1.165, 1.54) is 0 Å². The van der Waals surface area contributed by atoms with Crippen molar-refractivity contribution in [1.82, 2.24) is 0 Å². The highest BCUT2D eigenvalue weighted by molar-refractivity contribution is 6.02. The van der Waals surface area contributed by atoms with Crippen molar-refractivity contribution in [2.75, 3.05) is 0 Å². The summed E-state index contributed by atoms with van der Waals surface area (Å²) in [4.78, 5) is 3.64. The van der Waals surface area contributed by atoms with Gasteiger partial charge in [0.1, 0.15) is 0 Å². The highest BCUT2D eigenvalue weighted by Gasteiger charge is 1.84. The molecule has 12 heavy (non-hydrogen) atoms. The highest BCUT2D eigenvalue weighted by atomic mass is 14.7. The van der Waals surface area contributed by atoms with Crippen molar-refractivity contribution < 1.29 is 0 Å². The first kappa shape index (κ1) is 10.8. The molecule has 0 saturated heterocycles. The van der Waals surface area contributed by atoms with Crippen LogP contribution in [0.2, 0.25) is 0 Å². The molecular formula is C10H16N2. The van der Waals surface area contributed by atoms with Gasteiger partial charge in [0, 0.05) is 6.04 Å². The van der Waals surface area contributed by atoms with E-state index in [0.717, 1.165) is 6.42 Å². The van der Waals surface area contributed by atoms with Crippen LogP contribution in [0, 0.1) is 5.41 Å². The Balaban J connectivity index is 0.000000217. The Morgan fingerprint density at radius 3 is 2.00 bits per heavy atom. The fourth-order valence-electron chi connectivity index (χ4n) is 0.524. The van der Waals surface area contributed by atoms with Crippen LogP contribution in [0.4, 0.5) is 0 Å². The SMILES string of the molecule is C=NC(C)C.N=C1C=CCC=C1. The third-order valence-corrected chi connectivity index (χ3v) is 1.23. The largest absolute Gasteiger partial charge is 0.301 e. The van der Waals surface area contributed by atoms with Gasteiger partial charge in [-0.2, -0.15) is 0 Å². The third kappa shape index (κ3) is 6.93. The van der Waals surface area contributed by atoms with Crippen LogP contribution in [0.25, 0.3) is 0 Å². The smallest absolute Gasteiger partial charge is 0.0533 e. The lowest BCUT2D eigenvalue weighted by atomic mass is 10.2. The topological polar surface area (TPSA) is 36.2 Å². The average molecular weight is 164 g/mol. The lowest BCUT2D eigenvalue weighted by Gasteiger charge is -1.90. The zero-order valence-electron chi connectivity index (χ0n) is 7.75. The molecule has 2 nitrogen and oxygen atoms in total. The molecule has 2 heteroatoms. The third-order valence-electron chi connectivity index (χ3n) is 1.23. The van der Waals surface area contributed by atoms with Gasteiger partial charge in [0.05, 0.1) is 5.71 Å². The molecule has 0 unspecified atom stereocenters. The molecule has 0 aromatic carbocycles. The second-order valence-electron chi connectivity index (χ2n) is 2.77. The van der Waals surface area contributed by atoms with Gasteiger partial charge in [0.2, 0.25) is 0 Å². The minimum atomic E-state index is 0.398. The van der Waals surface area contributed by atoms with Gasteiger partial charge >= 0.3 is 0 Å². The van der Waals surface area contributed by atoms with Gasteiger partial charge in [0.15, 0.2) is 0 Å². The van der Waals surface area contributed by atoms with Gasteiger partial charge in [-0.05, 0) is 39.1 Å². The Labute approximate surface area is 74.2 Å². The summed E-state index contributed by atoms with van der Waals surface area (Å²) in [7, 11) is 0. The summed E-state index contributed by atoms with van der Waals surface area (Å²) in [6, 6.07) is 0.398. The van der Waals surface area contributed by atoms with Gasteiger partial charge in [-0.15, -0.1) is 0 Å². The molecule has 0 aromatic heterocycles. The maximum atomic E-state index is 7.02. The summed E-state index contributed by atoms with van der Waals surface area (Å²) < 4.78 is 0. The van der Waals surface area contributed by atoms with E-state index in [0.29, 0.717) is 11.8 Å². The lowest BCUT2D eigenvalue weighted by molar-refractivity contribution is 0.844. The van der Waals surface area contributed by atoms with E-state index < -0.39 is 0 Å². The number of aliphatic imine (C=N–C) groups is 1. The van der Waals surface area contributed by atoms with Gasteiger partial charge in [-0.25, -0.2) is 0 Å². The molecule has 0 radical (unpaired) electrons. The number of nitrogens with one attached hydrogen (secondary N) is 1. The number of nitrogens with zero attached hydrogens (tertiary/aromatic N) is 1. The molecule has 0 amide bonds. The zero-order valence-corrected chi connectivity index (χ0v) is 7.75. The monoisotopic (exact) mass is 164 g/mol. The fourth-order valence-corrected chi connectivity index (χ4v) is 0.524. The maximum Gasteiger partial charge on any atom is 0.0533 e. The highest BCUT2D eigenvalue weighted by Crippen LogP contribution is 1.94. The van der Waals surface area contributed by atoms with Crippen LogP contribution in [-0.2, 0) is 0 Å². The molecule has 0 spiro atoms. The summed E-state index contributed by atoms with van der Waals surface area (Å²) >= 11 is 0. The molecule has 0 fully saturated rings. The normalized spacial score (nSPS) is 14.1. The molecule has 1 N–H and O–H groups in total. The van der Waals surface area contributed by atoms with Crippen molar-refractivity contribution >= 4 is 12.4 Å². The van der Waals surface area contributed by atoms with Crippen molar-refractivity contribution in [3.63, 3.8) is 0 Å². The van der Waals surface area contributed by atoms with E-state index in [2.05, 4.69) is 11.7 Å². The Hall–Kier alpha value is -1.18. The quantitative estimate of drug-likeness (QED) is 0.578. The second kappa shape index (κ2) is 6.53. The molecule has 0 aromatic rings. The van der Waals surface area contributed by atoms with Crippen molar-refractivity contribution in [2.45, 2.75) is 26.3 Å². The molecule has 1 aliphatic rings. The van der Waals surface area contributed by atoms with Gasteiger partial charge < -0.3 is 5.41 Å². The Bertz CT molecular complexity index is 186. The number of hydrogen-bond acceptors (Lipinski definition) is 2. The van der Waals surface area contributed by atoms with E-state index >= 15 is 0 Å². The first-order chi connectivity index (χ1) is 5.66. The number of hydrogen-bond donors (Lipinski definition) is 1. The Morgan fingerprint density at radius 1 is 1.42 bits per heavy atom. The molecule has 0 aliphatic heterocycles. The summed E-state index contributed by atoms with van der Waals surface area (Å²) in [5.41, 5.74) is 0.603. The van der Waals surface area contributed by atoms with E-state index in [4.69, 9.17) is 5.41 Å². The fraction of sp³-hybridized carbons (Fsp3) is 0.400. The predicted molar refractivity (Wildman–Crippen MR) is 55.3 cm³/mol. The standard InChI is InChI=1S/C6H7N.C4H9N/c7-6-4-2-1-3-5-6;1-4(2)5-3/h2-5,7H,1H2;4H,3H2,1-2H3. The lowest BCUT2D eigenvalue weighted by Crippen LogP contribution is -1.85. The molecule has 0 bridgehead atoms. The molecule has 0 atom stereocenters. The Kier molecular flexibility index (Phi) is 5.88. The Morgan fingerprint density at radius 2 is 1.83 bits per heavy atom. The van der Waals surface area contributed by atoms with E-state index in [1.54, 1.807) is 12.2 Å². The van der Waals surface area contributed by atoms with Crippen LogP contribution in [0.5, 0.6) is 0 Å².